The van der Waals surface area contributed by atoms with E-state index in [4.69, 9.17) is 9.72 Å². The van der Waals surface area contributed by atoms with Crippen molar-refractivity contribution in [1.29, 1.82) is 0 Å². The van der Waals surface area contributed by atoms with Gasteiger partial charge in [0.2, 0.25) is 0 Å². The number of nitrogens with zero attached hydrogens (tertiary/aromatic N) is 4. The zero-order valence-electron chi connectivity index (χ0n) is 17.2. The largest absolute Gasteiger partial charge is 0.368 e. The van der Waals surface area contributed by atoms with Crippen molar-refractivity contribution in [3.05, 3.63) is 17.6 Å². The van der Waals surface area contributed by atoms with E-state index in [1.165, 1.54) is 0 Å². The summed E-state index contributed by atoms with van der Waals surface area (Å²) in [6, 6.07) is 2.03. The van der Waals surface area contributed by atoms with Crippen molar-refractivity contribution in [2.24, 2.45) is 0 Å². The summed E-state index contributed by atoms with van der Waals surface area (Å²) in [5.41, 5.74) is 0.342. The van der Waals surface area contributed by atoms with Crippen LogP contribution < -0.4 is 10.2 Å². The maximum absolute atomic E-state index is 13.1. The van der Waals surface area contributed by atoms with Gasteiger partial charge in [0.15, 0.2) is 0 Å². The molecule has 1 aromatic rings. The number of amides is 1. The topological polar surface area (TPSA) is 70.6 Å². The summed E-state index contributed by atoms with van der Waals surface area (Å²) in [5.74, 6) is 2.30. The van der Waals surface area contributed by atoms with Gasteiger partial charge in [0.05, 0.1) is 0 Å². The number of nitrogens with one attached hydrogen (secondary N) is 1. The van der Waals surface area contributed by atoms with Crippen LogP contribution in [0.4, 0.5) is 5.82 Å². The summed E-state index contributed by atoms with van der Waals surface area (Å²) >= 11 is 0. The van der Waals surface area contributed by atoms with Gasteiger partial charge >= 0.3 is 0 Å². The van der Waals surface area contributed by atoms with E-state index in [2.05, 4.69) is 29.0 Å². The molecule has 1 N–H and O–H groups in total. The fourth-order valence-electron chi connectivity index (χ4n) is 3.76. The molecule has 3 heterocycles. The van der Waals surface area contributed by atoms with E-state index in [-0.39, 0.29) is 30.7 Å². The molecule has 0 aliphatic carbocycles. The fourth-order valence-corrected chi connectivity index (χ4v) is 3.76. The lowest BCUT2D eigenvalue weighted by Crippen LogP contribution is -2.59. The Morgan fingerprint density at radius 1 is 1.14 bits per heavy atom. The number of piperazine rings is 1. The van der Waals surface area contributed by atoms with Crippen molar-refractivity contribution < 1.29 is 9.53 Å². The van der Waals surface area contributed by atoms with Gasteiger partial charge in [0, 0.05) is 51.0 Å². The van der Waals surface area contributed by atoms with Crippen LogP contribution in [0.5, 0.6) is 0 Å². The Labute approximate surface area is 180 Å². The SMILES string of the molecule is COC1(C(=O)N2CCN(c3cc(C)nc(C(C)C)n3)CC2)CCNCC1.Cl.Cl. The van der Waals surface area contributed by atoms with Crippen LogP contribution in [0.3, 0.4) is 0 Å². The van der Waals surface area contributed by atoms with Crippen molar-refractivity contribution in [1.82, 2.24) is 20.2 Å². The van der Waals surface area contributed by atoms with E-state index in [9.17, 15) is 4.79 Å². The van der Waals surface area contributed by atoms with E-state index in [0.717, 1.165) is 56.4 Å². The minimum atomic E-state index is -0.649. The average molecular weight is 434 g/mol. The number of aromatic nitrogens is 2. The number of aryl methyl sites for hydroxylation is 1. The summed E-state index contributed by atoms with van der Waals surface area (Å²) in [7, 11) is 1.66. The van der Waals surface area contributed by atoms with Gasteiger partial charge in [-0.2, -0.15) is 0 Å². The van der Waals surface area contributed by atoms with Gasteiger partial charge in [-0.3, -0.25) is 4.79 Å². The lowest BCUT2D eigenvalue weighted by molar-refractivity contribution is -0.158. The molecule has 0 unspecified atom stereocenters. The average Bonchev–Trinajstić information content (AvgIpc) is 2.67. The van der Waals surface area contributed by atoms with E-state index in [1.807, 2.05) is 17.9 Å². The van der Waals surface area contributed by atoms with Gasteiger partial charge in [-0.15, -0.1) is 24.8 Å². The second kappa shape index (κ2) is 10.6. The Balaban J connectivity index is 0.00000196. The Morgan fingerprint density at radius 3 is 2.29 bits per heavy atom. The first kappa shape index (κ1) is 24.9. The number of anilines is 1. The highest BCUT2D eigenvalue weighted by atomic mass is 35.5. The molecule has 2 saturated heterocycles. The van der Waals surface area contributed by atoms with Crippen LogP contribution in [0.2, 0.25) is 0 Å². The van der Waals surface area contributed by atoms with Crippen LogP contribution in [0.25, 0.3) is 0 Å². The Kier molecular flexibility index (Phi) is 9.40. The predicted molar refractivity (Wildman–Crippen MR) is 116 cm³/mol. The number of carbonyl (C=O) groups excluding carboxylic acids is 1. The van der Waals surface area contributed by atoms with Gasteiger partial charge in [-0.25, -0.2) is 9.97 Å². The molecule has 0 radical (unpaired) electrons. The van der Waals surface area contributed by atoms with Crippen molar-refractivity contribution in [3.8, 4) is 0 Å². The summed E-state index contributed by atoms with van der Waals surface area (Å²) in [6.45, 7) is 10.9. The van der Waals surface area contributed by atoms with Gasteiger partial charge in [-0.05, 0) is 32.9 Å². The van der Waals surface area contributed by atoms with Gasteiger partial charge in [0.25, 0.3) is 5.91 Å². The van der Waals surface area contributed by atoms with Crippen LogP contribution in [-0.2, 0) is 9.53 Å². The summed E-state index contributed by atoms with van der Waals surface area (Å²) < 4.78 is 5.70. The van der Waals surface area contributed by atoms with E-state index >= 15 is 0 Å². The van der Waals surface area contributed by atoms with Crippen LogP contribution >= 0.6 is 24.8 Å². The monoisotopic (exact) mass is 433 g/mol. The summed E-state index contributed by atoms with van der Waals surface area (Å²) in [5, 5.41) is 3.31. The highest BCUT2D eigenvalue weighted by molar-refractivity contribution is 5.86. The van der Waals surface area contributed by atoms with Crippen LogP contribution in [0.15, 0.2) is 6.07 Å². The molecule has 2 aliphatic heterocycles. The van der Waals surface area contributed by atoms with Gasteiger partial charge in [0.1, 0.15) is 17.2 Å². The molecule has 0 saturated carbocycles. The molecule has 3 rings (SSSR count). The minimum absolute atomic E-state index is 0. The number of methoxy groups -OCH3 is 1. The molecule has 2 fully saturated rings. The lowest BCUT2D eigenvalue weighted by atomic mass is 9.90. The maximum atomic E-state index is 13.1. The van der Waals surface area contributed by atoms with Crippen LogP contribution in [0, 0.1) is 6.92 Å². The zero-order valence-corrected chi connectivity index (χ0v) is 18.9. The summed E-state index contributed by atoms with van der Waals surface area (Å²) in [6.07, 6.45) is 1.48. The van der Waals surface area contributed by atoms with Crippen LogP contribution in [-0.4, -0.2) is 72.8 Å². The fraction of sp³-hybridized carbons (Fsp3) is 0.737. The maximum Gasteiger partial charge on any atom is 0.255 e. The first-order valence-corrected chi connectivity index (χ1v) is 9.61. The Morgan fingerprint density at radius 2 is 1.75 bits per heavy atom. The first-order valence-electron chi connectivity index (χ1n) is 9.61. The molecule has 0 atom stereocenters. The molecule has 160 valence electrons. The Bertz CT molecular complexity index is 645. The van der Waals surface area contributed by atoms with Crippen LogP contribution in [0.1, 0.15) is 44.1 Å². The third-order valence-corrected chi connectivity index (χ3v) is 5.46. The van der Waals surface area contributed by atoms with Crippen molar-refractivity contribution in [2.45, 2.75) is 45.1 Å². The molecule has 1 amide bonds. The Hall–Kier alpha value is -1.15. The van der Waals surface area contributed by atoms with Gasteiger partial charge in [-0.1, -0.05) is 13.8 Å². The number of ether oxygens (including phenoxy) is 1. The number of piperidine rings is 1. The smallest absolute Gasteiger partial charge is 0.255 e. The number of rotatable bonds is 4. The number of hydrogen-bond acceptors (Lipinski definition) is 6. The molecule has 28 heavy (non-hydrogen) atoms. The summed E-state index contributed by atoms with van der Waals surface area (Å²) in [4.78, 5) is 26.5. The highest BCUT2D eigenvalue weighted by Crippen LogP contribution is 2.26. The zero-order chi connectivity index (χ0) is 18.7. The quantitative estimate of drug-likeness (QED) is 0.784. The van der Waals surface area contributed by atoms with Gasteiger partial charge < -0.3 is 19.9 Å². The van der Waals surface area contributed by atoms with E-state index < -0.39 is 5.60 Å². The molecular weight excluding hydrogens is 401 g/mol. The van der Waals surface area contributed by atoms with Crippen molar-refractivity contribution in [3.63, 3.8) is 0 Å². The lowest BCUT2D eigenvalue weighted by Gasteiger charge is -2.42. The molecular formula is C19H33Cl2N5O2. The molecule has 7 nitrogen and oxygen atoms in total. The number of halogens is 2. The van der Waals surface area contributed by atoms with Crippen molar-refractivity contribution >= 4 is 36.5 Å². The van der Waals surface area contributed by atoms with E-state index in [1.54, 1.807) is 7.11 Å². The third-order valence-electron chi connectivity index (χ3n) is 5.46. The number of hydrogen-bond donors (Lipinski definition) is 1. The van der Waals surface area contributed by atoms with Crippen molar-refractivity contribution in [2.75, 3.05) is 51.3 Å². The molecule has 2 aliphatic rings. The molecule has 9 heteroatoms. The third kappa shape index (κ3) is 5.26. The minimum Gasteiger partial charge on any atom is -0.368 e. The standard InChI is InChI=1S/C19H31N5O2.2ClH/c1-14(2)17-21-15(3)13-16(22-17)23-9-11-24(12-10-23)18(25)19(26-4)5-7-20-8-6-19;;/h13-14,20H,5-12H2,1-4H3;2*1H. The predicted octanol–water partition coefficient (Wildman–Crippen LogP) is 2.17. The normalized spacial score (nSPS) is 19.0. The molecule has 0 bridgehead atoms. The van der Waals surface area contributed by atoms with E-state index in [0.29, 0.717) is 19.0 Å². The highest BCUT2D eigenvalue weighted by Gasteiger charge is 2.43. The first-order chi connectivity index (χ1) is 12.4. The second-order valence-corrected chi connectivity index (χ2v) is 7.61. The number of carbonyl (C=O) groups is 1. The molecule has 1 aromatic heterocycles. The second-order valence-electron chi connectivity index (χ2n) is 7.61. The molecule has 0 spiro atoms. The molecule has 0 aromatic carbocycles.